The first-order valence-corrected chi connectivity index (χ1v) is 8.83. The lowest BCUT2D eigenvalue weighted by Crippen LogP contribution is -2.28. The highest BCUT2D eigenvalue weighted by molar-refractivity contribution is 6.32. The summed E-state index contributed by atoms with van der Waals surface area (Å²) >= 11 is 6.06. The summed E-state index contributed by atoms with van der Waals surface area (Å²) in [7, 11) is 5.46. The van der Waals surface area contributed by atoms with Crippen molar-refractivity contribution < 1.29 is 14.3 Å². The summed E-state index contributed by atoms with van der Waals surface area (Å²) in [4.78, 5) is 30.8. The molecule has 2 amide bonds. The van der Waals surface area contributed by atoms with E-state index in [2.05, 4.69) is 15.6 Å². The van der Waals surface area contributed by atoms with E-state index >= 15 is 0 Å². The fourth-order valence-corrected chi connectivity index (χ4v) is 2.57. The van der Waals surface area contributed by atoms with Gasteiger partial charge < -0.3 is 20.3 Å². The van der Waals surface area contributed by atoms with E-state index in [1.54, 1.807) is 36.4 Å². The van der Waals surface area contributed by atoms with Crippen molar-refractivity contribution in [3.05, 3.63) is 52.8 Å². The first-order valence-electron chi connectivity index (χ1n) is 8.45. The average molecular weight is 391 g/mol. The monoisotopic (exact) mass is 390 g/mol. The summed E-state index contributed by atoms with van der Waals surface area (Å²) in [6.45, 7) is 1.42. The van der Waals surface area contributed by atoms with Gasteiger partial charge in [0.25, 0.3) is 11.8 Å². The van der Waals surface area contributed by atoms with E-state index in [1.807, 2.05) is 19.0 Å². The lowest BCUT2D eigenvalue weighted by atomic mass is 10.2. The lowest BCUT2D eigenvalue weighted by Gasteiger charge is -2.10. The predicted octanol–water partition coefficient (Wildman–Crippen LogP) is 2.68. The van der Waals surface area contributed by atoms with E-state index in [4.69, 9.17) is 16.3 Å². The Bertz CT molecular complexity index is 811. The molecule has 0 aliphatic heterocycles. The fraction of sp³-hybridized carbons (Fsp3) is 0.316. The minimum Gasteiger partial charge on any atom is -0.495 e. The van der Waals surface area contributed by atoms with Gasteiger partial charge in [-0.1, -0.05) is 17.7 Å². The Labute approximate surface area is 163 Å². The van der Waals surface area contributed by atoms with Gasteiger partial charge in [-0.05, 0) is 57.4 Å². The largest absolute Gasteiger partial charge is 0.495 e. The van der Waals surface area contributed by atoms with Gasteiger partial charge in [-0.15, -0.1) is 0 Å². The summed E-state index contributed by atoms with van der Waals surface area (Å²) in [5.74, 6) is -0.227. The van der Waals surface area contributed by atoms with Crippen molar-refractivity contribution in [2.24, 2.45) is 0 Å². The Morgan fingerprint density at radius 1 is 1.15 bits per heavy atom. The summed E-state index contributed by atoms with van der Waals surface area (Å²) in [5, 5.41) is 5.89. The second kappa shape index (κ2) is 9.89. The maximum Gasteiger partial charge on any atom is 0.274 e. The van der Waals surface area contributed by atoms with Crippen LogP contribution >= 0.6 is 11.6 Å². The van der Waals surface area contributed by atoms with Crippen LogP contribution in [0.1, 0.15) is 27.4 Å². The predicted molar refractivity (Wildman–Crippen MR) is 106 cm³/mol. The number of benzene rings is 1. The Morgan fingerprint density at radius 3 is 2.48 bits per heavy atom. The third-order valence-electron chi connectivity index (χ3n) is 3.69. The minimum atomic E-state index is -0.432. The van der Waals surface area contributed by atoms with Crippen molar-refractivity contribution in [1.82, 2.24) is 15.2 Å². The van der Waals surface area contributed by atoms with Gasteiger partial charge in [-0.3, -0.25) is 9.59 Å². The molecule has 0 atom stereocenters. The van der Waals surface area contributed by atoms with Crippen LogP contribution in [0.4, 0.5) is 5.69 Å². The van der Waals surface area contributed by atoms with Gasteiger partial charge in [-0.2, -0.15) is 0 Å². The van der Waals surface area contributed by atoms with Gasteiger partial charge in [0.05, 0.1) is 12.1 Å². The highest BCUT2D eigenvalue weighted by atomic mass is 35.5. The number of ether oxygens (including phenoxy) is 1. The number of amides is 2. The number of hydrogen-bond donors (Lipinski definition) is 2. The van der Waals surface area contributed by atoms with Crippen molar-refractivity contribution >= 4 is 29.1 Å². The summed E-state index contributed by atoms with van der Waals surface area (Å²) < 4.78 is 5.08. The van der Waals surface area contributed by atoms with E-state index in [0.29, 0.717) is 23.0 Å². The number of anilines is 1. The van der Waals surface area contributed by atoms with Crippen molar-refractivity contribution in [2.75, 3.05) is 39.6 Å². The zero-order valence-corrected chi connectivity index (χ0v) is 16.3. The highest BCUT2D eigenvalue weighted by Gasteiger charge is 2.13. The van der Waals surface area contributed by atoms with Crippen molar-refractivity contribution in [1.29, 1.82) is 0 Å². The van der Waals surface area contributed by atoms with Crippen LogP contribution in [0.3, 0.4) is 0 Å². The van der Waals surface area contributed by atoms with Gasteiger partial charge in [-0.25, -0.2) is 4.98 Å². The second-order valence-electron chi connectivity index (χ2n) is 6.12. The molecule has 0 aliphatic rings. The molecule has 0 saturated heterocycles. The number of nitrogens with one attached hydrogen (secondary N) is 2. The van der Waals surface area contributed by atoms with Crippen LogP contribution in [-0.4, -0.2) is 56.0 Å². The number of nitrogens with zero attached hydrogens (tertiary/aromatic N) is 2. The number of rotatable bonds is 8. The van der Waals surface area contributed by atoms with Crippen LogP contribution in [0, 0.1) is 0 Å². The molecular formula is C19H23ClN4O3. The number of aromatic nitrogens is 1. The molecule has 27 heavy (non-hydrogen) atoms. The number of carbonyl (C=O) groups is 2. The van der Waals surface area contributed by atoms with Crippen LogP contribution in [0.5, 0.6) is 5.75 Å². The molecule has 8 heteroatoms. The van der Waals surface area contributed by atoms with E-state index in [1.165, 1.54) is 7.11 Å². The molecule has 1 aromatic heterocycles. The Balaban J connectivity index is 2.00. The lowest BCUT2D eigenvalue weighted by molar-refractivity contribution is 0.0947. The SMILES string of the molecule is COc1ccc(NC(=O)c2cccc(C(=O)NCCCN(C)C)n2)cc1Cl. The number of hydrogen-bond acceptors (Lipinski definition) is 5. The first kappa shape index (κ1) is 20.7. The van der Waals surface area contributed by atoms with Crippen LogP contribution in [0.15, 0.2) is 36.4 Å². The Hall–Kier alpha value is -2.64. The molecule has 2 rings (SSSR count). The van der Waals surface area contributed by atoms with Gasteiger partial charge in [0.15, 0.2) is 0 Å². The van der Waals surface area contributed by atoms with Crippen molar-refractivity contribution in [3.8, 4) is 5.75 Å². The molecule has 0 radical (unpaired) electrons. The number of pyridine rings is 1. The minimum absolute atomic E-state index is 0.142. The molecule has 7 nitrogen and oxygen atoms in total. The van der Waals surface area contributed by atoms with Crippen molar-refractivity contribution in [3.63, 3.8) is 0 Å². The molecule has 1 aromatic carbocycles. The number of carbonyl (C=O) groups excluding carboxylic acids is 2. The summed E-state index contributed by atoms with van der Waals surface area (Å²) in [6, 6.07) is 9.65. The molecular weight excluding hydrogens is 368 g/mol. The van der Waals surface area contributed by atoms with Gasteiger partial charge >= 0.3 is 0 Å². The van der Waals surface area contributed by atoms with E-state index in [0.717, 1.165) is 13.0 Å². The maximum absolute atomic E-state index is 12.4. The second-order valence-corrected chi connectivity index (χ2v) is 6.53. The third kappa shape index (κ3) is 6.23. The molecule has 0 fully saturated rings. The van der Waals surface area contributed by atoms with Crippen LogP contribution < -0.4 is 15.4 Å². The van der Waals surface area contributed by atoms with Crippen molar-refractivity contribution in [2.45, 2.75) is 6.42 Å². The standard InChI is InChI=1S/C19H23ClN4O3/c1-24(2)11-5-10-21-18(25)15-6-4-7-16(23-15)19(26)22-13-8-9-17(27-3)14(20)12-13/h4,6-9,12H,5,10-11H2,1-3H3,(H,21,25)(H,22,26). The molecule has 2 N–H and O–H groups in total. The summed E-state index contributed by atoms with van der Waals surface area (Å²) in [6.07, 6.45) is 0.831. The fourth-order valence-electron chi connectivity index (χ4n) is 2.31. The average Bonchev–Trinajstić information content (AvgIpc) is 2.65. The summed E-state index contributed by atoms with van der Waals surface area (Å²) in [5.41, 5.74) is 0.842. The molecule has 0 unspecified atom stereocenters. The smallest absolute Gasteiger partial charge is 0.274 e. The molecule has 0 aliphatic carbocycles. The quantitative estimate of drug-likeness (QED) is 0.677. The number of halogens is 1. The zero-order valence-electron chi connectivity index (χ0n) is 15.6. The molecule has 0 saturated carbocycles. The van der Waals surface area contributed by atoms with Gasteiger partial charge in [0.1, 0.15) is 17.1 Å². The van der Waals surface area contributed by atoms with E-state index < -0.39 is 5.91 Å². The van der Waals surface area contributed by atoms with Gasteiger partial charge in [0.2, 0.25) is 0 Å². The third-order valence-corrected chi connectivity index (χ3v) is 3.99. The van der Waals surface area contributed by atoms with E-state index in [9.17, 15) is 9.59 Å². The molecule has 1 heterocycles. The number of methoxy groups -OCH3 is 1. The first-order chi connectivity index (χ1) is 12.9. The molecule has 144 valence electrons. The Kier molecular flexibility index (Phi) is 7.57. The topological polar surface area (TPSA) is 83.6 Å². The Morgan fingerprint density at radius 2 is 1.85 bits per heavy atom. The zero-order chi connectivity index (χ0) is 19.8. The molecule has 2 aromatic rings. The van der Waals surface area contributed by atoms with Gasteiger partial charge in [0, 0.05) is 12.2 Å². The highest BCUT2D eigenvalue weighted by Crippen LogP contribution is 2.27. The molecule has 0 bridgehead atoms. The van der Waals surface area contributed by atoms with E-state index in [-0.39, 0.29) is 17.3 Å². The van der Waals surface area contributed by atoms with Crippen LogP contribution in [0.2, 0.25) is 5.02 Å². The van der Waals surface area contributed by atoms with Crippen LogP contribution in [-0.2, 0) is 0 Å². The maximum atomic E-state index is 12.4. The molecule has 0 spiro atoms. The normalized spacial score (nSPS) is 10.6. The van der Waals surface area contributed by atoms with Crippen LogP contribution in [0.25, 0.3) is 0 Å².